The number of unbranched alkanes of at least 4 members (excludes halogenated alkanes) is 6. The Kier molecular flexibility index (Phi) is 20.0. The van der Waals surface area contributed by atoms with E-state index in [9.17, 15) is 9.46 Å². The van der Waals surface area contributed by atoms with Crippen molar-refractivity contribution in [1.82, 2.24) is 0 Å². The zero-order valence-corrected chi connectivity index (χ0v) is 19.6. The molecular formula is C18H38NaO4P. The summed E-state index contributed by atoms with van der Waals surface area (Å²) in [5, 5.41) is 0. The van der Waals surface area contributed by atoms with E-state index in [0.717, 1.165) is 50.4 Å². The van der Waals surface area contributed by atoms with Crippen molar-refractivity contribution in [2.45, 2.75) is 91.9 Å². The van der Waals surface area contributed by atoms with E-state index in [-0.39, 0.29) is 42.8 Å². The van der Waals surface area contributed by atoms with E-state index >= 15 is 0 Å². The van der Waals surface area contributed by atoms with Gasteiger partial charge in [-0.05, 0) is 24.7 Å². The van der Waals surface area contributed by atoms with E-state index in [2.05, 4.69) is 27.7 Å². The number of phosphoric acid groups is 1. The molecule has 0 bridgehead atoms. The number of rotatable bonds is 16. The van der Waals surface area contributed by atoms with E-state index in [4.69, 9.17) is 9.05 Å². The topological polar surface area (TPSA) is 58.6 Å². The summed E-state index contributed by atoms with van der Waals surface area (Å²) < 4.78 is 21.4. The fraction of sp³-hybridized carbons (Fsp3) is 1.00. The van der Waals surface area contributed by atoms with Crippen LogP contribution in [0.15, 0.2) is 0 Å². The maximum Gasteiger partial charge on any atom is 1.00 e. The number of hydrogen-bond donors (Lipinski definition) is 0. The Bertz CT molecular complexity index is 285. The van der Waals surface area contributed by atoms with Gasteiger partial charge in [0.1, 0.15) is 0 Å². The molecule has 0 spiro atoms. The SMILES string of the molecule is CC(C)CCCCCCOP(=O)([O-])OCCCCCCC(C)C.[Na+]. The van der Waals surface area contributed by atoms with Gasteiger partial charge in [-0.2, -0.15) is 0 Å². The van der Waals surface area contributed by atoms with Crippen molar-refractivity contribution in [3.63, 3.8) is 0 Å². The molecule has 24 heavy (non-hydrogen) atoms. The van der Waals surface area contributed by atoms with Crippen LogP contribution in [0.5, 0.6) is 0 Å². The van der Waals surface area contributed by atoms with Gasteiger partial charge in [0, 0.05) is 0 Å². The van der Waals surface area contributed by atoms with Crippen molar-refractivity contribution < 1.29 is 48.1 Å². The normalized spacial score (nSPS) is 12.0. The molecule has 0 aliphatic carbocycles. The Morgan fingerprint density at radius 2 is 1.04 bits per heavy atom. The van der Waals surface area contributed by atoms with Crippen LogP contribution in [0.1, 0.15) is 91.9 Å². The van der Waals surface area contributed by atoms with Crippen molar-refractivity contribution in [3.8, 4) is 0 Å². The quantitative estimate of drug-likeness (QED) is 0.237. The number of phosphoric ester groups is 1. The summed E-state index contributed by atoms with van der Waals surface area (Å²) in [5.74, 6) is 1.48. The van der Waals surface area contributed by atoms with Gasteiger partial charge in [-0.25, -0.2) is 0 Å². The average molecular weight is 372 g/mol. The summed E-state index contributed by atoms with van der Waals surface area (Å²) in [6, 6.07) is 0. The molecule has 0 atom stereocenters. The van der Waals surface area contributed by atoms with Crippen LogP contribution in [0.2, 0.25) is 0 Å². The zero-order chi connectivity index (χ0) is 17.6. The van der Waals surface area contributed by atoms with Gasteiger partial charge < -0.3 is 13.9 Å². The number of hydrogen-bond acceptors (Lipinski definition) is 4. The van der Waals surface area contributed by atoms with E-state index < -0.39 is 7.82 Å². The van der Waals surface area contributed by atoms with Crippen LogP contribution in [0.3, 0.4) is 0 Å². The Morgan fingerprint density at radius 1 is 0.708 bits per heavy atom. The van der Waals surface area contributed by atoms with Crippen LogP contribution in [0.25, 0.3) is 0 Å². The smallest absolute Gasteiger partial charge is 0.756 e. The minimum Gasteiger partial charge on any atom is -0.756 e. The second-order valence-corrected chi connectivity index (χ2v) is 8.72. The van der Waals surface area contributed by atoms with E-state index in [0.29, 0.717) is 0 Å². The molecule has 0 heterocycles. The fourth-order valence-corrected chi connectivity index (χ4v) is 3.19. The first-order valence-electron chi connectivity index (χ1n) is 9.43. The first kappa shape index (κ1) is 27.3. The second kappa shape index (κ2) is 17.5. The molecule has 0 unspecified atom stereocenters. The zero-order valence-electron chi connectivity index (χ0n) is 16.7. The molecule has 0 aromatic heterocycles. The van der Waals surface area contributed by atoms with Crippen LogP contribution in [0.4, 0.5) is 0 Å². The molecule has 0 amide bonds. The van der Waals surface area contributed by atoms with Crippen LogP contribution < -0.4 is 34.5 Å². The summed E-state index contributed by atoms with van der Waals surface area (Å²) >= 11 is 0. The molecule has 140 valence electrons. The van der Waals surface area contributed by atoms with Crippen molar-refractivity contribution in [3.05, 3.63) is 0 Å². The molecule has 0 aliphatic rings. The maximum absolute atomic E-state index is 11.6. The molecule has 0 radical (unpaired) electrons. The summed E-state index contributed by atoms with van der Waals surface area (Å²) in [4.78, 5) is 11.6. The van der Waals surface area contributed by atoms with Crippen LogP contribution in [-0.2, 0) is 13.6 Å². The first-order valence-corrected chi connectivity index (χ1v) is 10.9. The van der Waals surface area contributed by atoms with Crippen LogP contribution >= 0.6 is 7.82 Å². The second-order valence-electron chi connectivity index (χ2n) is 7.31. The van der Waals surface area contributed by atoms with Crippen molar-refractivity contribution in [1.29, 1.82) is 0 Å². The molecule has 0 fully saturated rings. The van der Waals surface area contributed by atoms with Gasteiger partial charge in [0.2, 0.25) is 0 Å². The third-order valence-electron chi connectivity index (χ3n) is 3.85. The predicted octanol–water partition coefficient (Wildman–Crippen LogP) is 2.71. The Morgan fingerprint density at radius 3 is 1.38 bits per heavy atom. The Hall–Kier alpha value is 1.11. The van der Waals surface area contributed by atoms with Crippen molar-refractivity contribution in [2.75, 3.05) is 13.2 Å². The monoisotopic (exact) mass is 372 g/mol. The first-order chi connectivity index (χ1) is 10.8. The van der Waals surface area contributed by atoms with Gasteiger partial charge in [-0.1, -0.05) is 79.1 Å². The summed E-state index contributed by atoms with van der Waals surface area (Å²) in [6.07, 6.45) is 10.8. The molecular weight excluding hydrogens is 334 g/mol. The molecule has 0 rings (SSSR count). The van der Waals surface area contributed by atoms with Gasteiger partial charge in [0.05, 0.1) is 13.2 Å². The predicted molar refractivity (Wildman–Crippen MR) is 95.4 cm³/mol. The van der Waals surface area contributed by atoms with Gasteiger partial charge >= 0.3 is 29.6 Å². The van der Waals surface area contributed by atoms with Gasteiger partial charge in [-0.3, -0.25) is 4.57 Å². The minimum atomic E-state index is -4.09. The average Bonchev–Trinajstić information content (AvgIpc) is 2.44. The van der Waals surface area contributed by atoms with Crippen LogP contribution in [-0.4, -0.2) is 13.2 Å². The van der Waals surface area contributed by atoms with E-state index in [1.54, 1.807) is 0 Å². The minimum absolute atomic E-state index is 0. The fourth-order valence-electron chi connectivity index (χ4n) is 2.41. The van der Waals surface area contributed by atoms with Crippen LogP contribution in [0, 0.1) is 11.8 Å². The standard InChI is InChI=1S/C18H39O4P.Na/c1-17(2)13-9-5-7-11-15-21-23(19,20)22-16-12-8-6-10-14-18(3)4;/h17-18H,5-16H2,1-4H3,(H,19,20);/q;+1/p-1. The summed E-state index contributed by atoms with van der Waals surface area (Å²) in [5.41, 5.74) is 0. The molecule has 0 aliphatic heterocycles. The third kappa shape index (κ3) is 21.2. The summed E-state index contributed by atoms with van der Waals surface area (Å²) in [6.45, 7) is 9.38. The molecule has 0 saturated carbocycles. The summed E-state index contributed by atoms with van der Waals surface area (Å²) in [7, 11) is -4.09. The van der Waals surface area contributed by atoms with Gasteiger partial charge in [0.15, 0.2) is 0 Å². The Labute approximate surface area is 172 Å². The van der Waals surface area contributed by atoms with Crippen molar-refractivity contribution >= 4 is 7.82 Å². The van der Waals surface area contributed by atoms with Gasteiger partial charge in [-0.15, -0.1) is 0 Å². The van der Waals surface area contributed by atoms with Gasteiger partial charge in [0.25, 0.3) is 7.82 Å². The van der Waals surface area contributed by atoms with E-state index in [1.165, 1.54) is 25.7 Å². The Balaban J connectivity index is 0. The largest absolute Gasteiger partial charge is 1.00 e. The maximum atomic E-state index is 11.6. The van der Waals surface area contributed by atoms with Crippen molar-refractivity contribution in [2.24, 2.45) is 11.8 Å². The molecule has 0 aromatic carbocycles. The van der Waals surface area contributed by atoms with E-state index in [1.807, 2.05) is 0 Å². The third-order valence-corrected chi connectivity index (χ3v) is 4.85. The molecule has 0 aromatic rings. The molecule has 6 heteroatoms. The molecule has 4 nitrogen and oxygen atoms in total. The molecule has 0 saturated heterocycles. The molecule has 0 N–H and O–H groups in total.